The first-order valence-electron chi connectivity index (χ1n) is 9.54. The number of nitrogens with one attached hydrogen (secondary N) is 1. The van der Waals surface area contributed by atoms with Crippen molar-refractivity contribution in [3.8, 4) is 23.8 Å². The van der Waals surface area contributed by atoms with E-state index in [1.165, 1.54) is 30.3 Å². The highest BCUT2D eigenvalue weighted by atomic mass is 79.9. The minimum Gasteiger partial charge on any atom is -0.490 e. The number of benzene rings is 2. The van der Waals surface area contributed by atoms with Crippen molar-refractivity contribution in [2.75, 3.05) is 18.1 Å². The topological polar surface area (TPSA) is 105 Å². The number of carboxylic acids is 1. The van der Waals surface area contributed by atoms with E-state index in [1.54, 1.807) is 19.1 Å². The molecule has 2 N–H and O–H groups in total. The van der Waals surface area contributed by atoms with Crippen molar-refractivity contribution in [3.63, 3.8) is 0 Å². The lowest BCUT2D eigenvalue weighted by molar-refractivity contribution is -0.122. The number of carbonyl (C=O) groups excluding carboxylic acids is 2. The monoisotopic (exact) mass is 528 g/mol. The number of nitrogens with zero attached hydrogens (tertiary/aromatic N) is 1. The predicted molar refractivity (Wildman–Crippen MR) is 129 cm³/mol. The molecule has 2 amide bonds. The molecule has 3 rings (SSSR count). The van der Waals surface area contributed by atoms with Gasteiger partial charge in [0.05, 0.1) is 17.9 Å². The summed E-state index contributed by atoms with van der Waals surface area (Å²) in [5, 5.41) is 11.6. The van der Waals surface area contributed by atoms with E-state index in [2.05, 4.69) is 27.2 Å². The molecular formula is C23H17BrN2O6S. The van der Waals surface area contributed by atoms with Crippen LogP contribution in [0.3, 0.4) is 0 Å². The van der Waals surface area contributed by atoms with Gasteiger partial charge in [-0.2, -0.15) is 0 Å². The van der Waals surface area contributed by atoms with Crippen LogP contribution in [0.25, 0.3) is 6.08 Å². The maximum absolute atomic E-state index is 13.2. The molecule has 0 aliphatic carbocycles. The smallest absolute Gasteiger partial charge is 0.335 e. The molecule has 0 spiro atoms. The normalized spacial score (nSPS) is 14.6. The van der Waals surface area contributed by atoms with Crippen molar-refractivity contribution < 1.29 is 29.0 Å². The van der Waals surface area contributed by atoms with E-state index in [1.807, 2.05) is 0 Å². The summed E-state index contributed by atoms with van der Waals surface area (Å²) in [5.74, 6) is 0.605. The van der Waals surface area contributed by atoms with Crippen LogP contribution in [0.5, 0.6) is 11.5 Å². The fourth-order valence-electron chi connectivity index (χ4n) is 2.99. The summed E-state index contributed by atoms with van der Waals surface area (Å²) in [7, 11) is 0. The van der Waals surface area contributed by atoms with E-state index in [0.29, 0.717) is 28.1 Å². The molecule has 0 bridgehead atoms. The summed E-state index contributed by atoms with van der Waals surface area (Å²) in [6.07, 6.45) is 6.63. The lowest BCUT2D eigenvalue weighted by atomic mass is 10.1. The predicted octanol–water partition coefficient (Wildman–Crippen LogP) is 3.39. The molecule has 0 unspecified atom stereocenters. The highest BCUT2D eigenvalue weighted by Crippen LogP contribution is 2.35. The summed E-state index contributed by atoms with van der Waals surface area (Å²) in [6, 6.07) is 8.91. The molecule has 0 aromatic heterocycles. The van der Waals surface area contributed by atoms with Crippen LogP contribution < -0.4 is 19.7 Å². The van der Waals surface area contributed by atoms with Crippen molar-refractivity contribution in [3.05, 3.63) is 57.6 Å². The Kier molecular flexibility index (Phi) is 7.48. The van der Waals surface area contributed by atoms with Crippen molar-refractivity contribution in [2.45, 2.75) is 6.92 Å². The molecule has 1 aliphatic heterocycles. The maximum Gasteiger partial charge on any atom is 0.335 e. The molecule has 8 nitrogen and oxygen atoms in total. The molecular weight excluding hydrogens is 512 g/mol. The summed E-state index contributed by atoms with van der Waals surface area (Å²) in [6.45, 7) is 2.19. The number of ether oxygens (including phenoxy) is 2. The van der Waals surface area contributed by atoms with Crippen LogP contribution in [0, 0.1) is 12.3 Å². The van der Waals surface area contributed by atoms with Gasteiger partial charge in [-0.3, -0.25) is 19.8 Å². The molecule has 2 aromatic rings. The third-order valence-electron chi connectivity index (χ3n) is 4.43. The summed E-state index contributed by atoms with van der Waals surface area (Å²) in [5.41, 5.74) is 0.446. The second-order valence-electron chi connectivity index (χ2n) is 6.56. The van der Waals surface area contributed by atoms with E-state index in [-0.39, 0.29) is 28.5 Å². The Bertz CT molecular complexity index is 1230. The van der Waals surface area contributed by atoms with Crippen LogP contribution in [0.2, 0.25) is 0 Å². The molecule has 0 radical (unpaired) electrons. The number of hydrogen-bond acceptors (Lipinski definition) is 6. The second kappa shape index (κ2) is 10.3. The van der Waals surface area contributed by atoms with Gasteiger partial charge in [-0.1, -0.05) is 27.9 Å². The molecule has 1 aliphatic rings. The first kappa shape index (κ1) is 24.0. The third kappa shape index (κ3) is 5.22. The first-order valence-corrected chi connectivity index (χ1v) is 10.7. The average Bonchev–Trinajstić information content (AvgIpc) is 2.77. The average molecular weight is 529 g/mol. The van der Waals surface area contributed by atoms with Gasteiger partial charge >= 0.3 is 5.97 Å². The molecule has 0 atom stereocenters. The molecule has 0 saturated carbocycles. The van der Waals surface area contributed by atoms with Gasteiger partial charge < -0.3 is 14.6 Å². The van der Waals surface area contributed by atoms with Crippen LogP contribution in [-0.2, 0) is 9.59 Å². The van der Waals surface area contributed by atoms with Crippen LogP contribution >= 0.6 is 28.1 Å². The number of terminal acetylenes is 1. The number of carbonyl (C=O) groups is 3. The van der Waals surface area contributed by atoms with Gasteiger partial charge in [-0.25, -0.2) is 4.79 Å². The lowest BCUT2D eigenvalue weighted by Crippen LogP contribution is -2.54. The Balaban J connectivity index is 2.04. The summed E-state index contributed by atoms with van der Waals surface area (Å²) >= 11 is 8.57. The molecule has 168 valence electrons. The van der Waals surface area contributed by atoms with Gasteiger partial charge in [-0.15, -0.1) is 6.42 Å². The van der Waals surface area contributed by atoms with E-state index in [4.69, 9.17) is 28.1 Å². The van der Waals surface area contributed by atoms with Crippen LogP contribution in [0.15, 0.2) is 46.4 Å². The van der Waals surface area contributed by atoms with E-state index >= 15 is 0 Å². The molecule has 1 heterocycles. The van der Waals surface area contributed by atoms with Gasteiger partial charge in [0.2, 0.25) is 0 Å². The Labute approximate surface area is 203 Å². The largest absolute Gasteiger partial charge is 0.490 e. The third-order valence-corrected chi connectivity index (χ3v) is 5.40. The number of rotatable bonds is 7. The lowest BCUT2D eigenvalue weighted by Gasteiger charge is -2.29. The molecule has 33 heavy (non-hydrogen) atoms. The van der Waals surface area contributed by atoms with Gasteiger partial charge in [0.25, 0.3) is 11.8 Å². The first-order chi connectivity index (χ1) is 15.8. The summed E-state index contributed by atoms with van der Waals surface area (Å²) in [4.78, 5) is 38.2. The van der Waals surface area contributed by atoms with Gasteiger partial charge in [0.15, 0.2) is 16.6 Å². The van der Waals surface area contributed by atoms with Crippen LogP contribution in [0.1, 0.15) is 22.8 Å². The van der Waals surface area contributed by atoms with E-state index < -0.39 is 17.8 Å². The molecule has 1 fully saturated rings. The number of anilines is 1. The van der Waals surface area contributed by atoms with Gasteiger partial charge in [0, 0.05) is 4.47 Å². The number of thiocarbonyl (C=S) groups is 1. The minimum atomic E-state index is -1.16. The molecule has 2 aromatic carbocycles. The van der Waals surface area contributed by atoms with Gasteiger partial charge in [-0.05, 0) is 61.1 Å². The fourth-order valence-corrected chi connectivity index (χ4v) is 3.71. The zero-order valence-corrected chi connectivity index (χ0v) is 19.7. The van der Waals surface area contributed by atoms with Crippen LogP contribution in [-0.4, -0.2) is 41.2 Å². The van der Waals surface area contributed by atoms with Gasteiger partial charge in [0.1, 0.15) is 12.2 Å². The standard InChI is InChI=1S/C23H17BrN2O6S/c1-3-8-32-19-12-17(24)14(11-18(19)31-4-2)10-16-20(27)25-23(33)26(21(16)28)15-7-5-6-13(9-15)22(29)30/h1,5-7,9-12H,4,8H2,2H3,(H,29,30)(H,25,27,33). The number of hydrogen-bond donors (Lipinski definition) is 2. The van der Waals surface area contributed by atoms with E-state index in [0.717, 1.165) is 4.90 Å². The zero-order valence-electron chi connectivity index (χ0n) is 17.3. The SMILES string of the molecule is C#CCOc1cc(Br)c(C=C2C(=O)NC(=S)N(c3cccc(C(=O)O)c3)C2=O)cc1OCC. The Hall–Kier alpha value is -3.68. The Morgan fingerprint density at radius 3 is 2.67 bits per heavy atom. The van der Waals surface area contributed by atoms with Crippen molar-refractivity contribution in [1.82, 2.24) is 5.32 Å². The van der Waals surface area contributed by atoms with E-state index in [9.17, 15) is 19.5 Å². The van der Waals surface area contributed by atoms with Crippen molar-refractivity contribution in [1.29, 1.82) is 0 Å². The second-order valence-corrected chi connectivity index (χ2v) is 7.80. The highest BCUT2D eigenvalue weighted by Gasteiger charge is 2.35. The van der Waals surface area contributed by atoms with Crippen molar-refractivity contribution >= 4 is 62.8 Å². The maximum atomic E-state index is 13.2. The quantitative estimate of drug-likeness (QED) is 0.245. The minimum absolute atomic E-state index is 0.0304. The highest BCUT2D eigenvalue weighted by molar-refractivity contribution is 9.10. The number of halogens is 1. The summed E-state index contributed by atoms with van der Waals surface area (Å²) < 4.78 is 11.6. The fraction of sp³-hybridized carbons (Fsp3) is 0.130. The van der Waals surface area contributed by atoms with Crippen molar-refractivity contribution in [2.24, 2.45) is 0 Å². The Morgan fingerprint density at radius 2 is 2.00 bits per heavy atom. The number of amides is 2. The number of aromatic carboxylic acids is 1. The van der Waals surface area contributed by atoms with Crippen LogP contribution in [0.4, 0.5) is 5.69 Å². The molecule has 10 heteroatoms. The molecule has 1 saturated heterocycles. The zero-order chi connectivity index (χ0) is 24.1. The number of carboxylic acid groups (broad SMARTS) is 1. The Morgan fingerprint density at radius 1 is 1.27 bits per heavy atom.